The minimum atomic E-state index is -4.70. The van der Waals surface area contributed by atoms with Crippen molar-refractivity contribution in [3.8, 4) is 0 Å². The molecule has 0 aromatic rings. The lowest BCUT2D eigenvalue weighted by molar-refractivity contribution is -0.540. The summed E-state index contributed by atoms with van der Waals surface area (Å²) < 4.78 is 36.7. The van der Waals surface area contributed by atoms with Gasteiger partial charge in [0.05, 0.1) is 6.54 Å². The summed E-state index contributed by atoms with van der Waals surface area (Å²) >= 11 is 0. The number of piperidine rings is 1. The van der Waals surface area contributed by atoms with Crippen LogP contribution < -0.4 is 5.32 Å². The van der Waals surface area contributed by atoms with Crippen LogP contribution in [0.15, 0.2) is 0 Å². The molecule has 1 saturated heterocycles. The molecular formula is C6H7F3N2O3. The number of carbonyl (C=O) groups excluding carboxylic acids is 1. The predicted octanol–water partition coefficient (Wildman–Crippen LogP) is 0.330. The van der Waals surface area contributed by atoms with E-state index in [1.165, 1.54) is 0 Å². The van der Waals surface area contributed by atoms with Gasteiger partial charge in [-0.15, -0.1) is 0 Å². The lowest BCUT2D eigenvalue weighted by Gasteiger charge is -2.26. The van der Waals surface area contributed by atoms with E-state index in [1.54, 1.807) is 0 Å². The summed E-state index contributed by atoms with van der Waals surface area (Å²) in [6.45, 7) is -0.560. The molecule has 2 atom stereocenters. The van der Waals surface area contributed by atoms with Gasteiger partial charge in [-0.25, -0.2) is 0 Å². The van der Waals surface area contributed by atoms with Gasteiger partial charge in [0.1, 0.15) is 5.92 Å². The van der Waals surface area contributed by atoms with Gasteiger partial charge in [-0.2, -0.15) is 13.2 Å². The first-order chi connectivity index (χ1) is 6.32. The van der Waals surface area contributed by atoms with E-state index in [9.17, 15) is 28.1 Å². The minimum absolute atomic E-state index is 0.560. The van der Waals surface area contributed by atoms with Gasteiger partial charge in [0, 0.05) is 11.3 Å². The molecule has 1 amide bonds. The van der Waals surface area contributed by atoms with Crippen LogP contribution in [0.2, 0.25) is 0 Å². The van der Waals surface area contributed by atoms with Crippen molar-refractivity contribution in [2.45, 2.75) is 18.6 Å². The molecule has 1 aliphatic heterocycles. The Kier molecular flexibility index (Phi) is 2.63. The standard InChI is InChI=1S/C6H7F3N2O3/c7-6(8,9)3-1-5(12)10-2-4(3)11(13)14/h3-4H,1-2H2,(H,10,12). The smallest absolute Gasteiger partial charge is 0.349 e. The second kappa shape index (κ2) is 3.43. The summed E-state index contributed by atoms with van der Waals surface area (Å²) in [6, 6.07) is -1.77. The Balaban J connectivity index is 2.84. The van der Waals surface area contributed by atoms with Crippen LogP contribution in [-0.4, -0.2) is 29.6 Å². The number of rotatable bonds is 1. The maximum absolute atomic E-state index is 12.2. The van der Waals surface area contributed by atoms with Gasteiger partial charge < -0.3 is 5.32 Å². The summed E-state index contributed by atoms with van der Waals surface area (Å²) in [5, 5.41) is 12.3. The minimum Gasteiger partial charge on any atom is -0.349 e. The highest BCUT2D eigenvalue weighted by Crippen LogP contribution is 2.33. The van der Waals surface area contributed by atoms with Crippen LogP contribution >= 0.6 is 0 Å². The molecule has 0 bridgehead atoms. The molecule has 0 saturated carbocycles. The van der Waals surface area contributed by atoms with Gasteiger partial charge in [0.2, 0.25) is 11.9 Å². The molecular weight excluding hydrogens is 205 g/mol. The van der Waals surface area contributed by atoms with Crippen LogP contribution in [-0.2, 0) is 4.79 Å². The molecule has 0 spiro atoms. The fourth-order valence-corrected chi connectivity index (χ4v) is 1.32. The molecule has 0 aromatic carbocycles. The van der Waals surface area contributed by atoms with E-state index in [2.05, 4.69) is 0 Å². The Labute approximate surface area is 76.4 Å². The molecule has 1 fully saturated rings. The Bertz CT molecular complexity index is 266. The maximum atomic E-state index is 12.2. The van der Waals surface area contributed by atoms with Crippen LogP contribution in [0.1, 0.15) is 6.42 Å². The van der Waals surface area contributed by atoms with Crippen molar-refractivity contribution in [1.29, 1.82) is 0 Å². The average molecular weight is 212 g/mol. The van der Waals surface area contributed by atoms with E-state index in [-0.39, 0.29) is 0 Å². The number of halogens is 3. The molecule has 2 unspecified atom stereocenters. The number of nitrogens with zero attached hydrogens (tertiary/aromatic N) is 1. The second-order valence-electron chi connectivity index (χ2n) is 3.01. The molecule has 0 radical (unpaired) electrons. The quantitative estimate of drug-likeness (QED) is 0.502. The number of nitrogens with one attached hydrogen (secondary N) is 1. The van der Waals surface area contributed by atoms with Crippen LogP contribution in [0.25, 0.3) is 0 Å². The van der Waals surface area contributed by atoms with E-state index in [4.69, 9.17) is 0 Å². The van der Waals surface area contributed by atoms with Crippen LogP contribution in [0, 0.1) is 16.0 Å². The summed E-state index contributed by atoms with van der Waals surface area (Å²) in [7, 11) is 0. The zero-order valence-electron chi connectivity index (χ0n) is 6.87. The fraction of sp³-hybridized carbons (Fsp3) is 0.833. The molecule has 1 N–H and O–H groups in total. The molecule has 14 heavy (non-hydrogen) atoms. The van der Waals surface area contributed by atoms with E-state index in [1.807, 2.05) is 5.32 Å². The van der Waals surface area contributed by atoms with Crippen LogP contribution in [0.5, 0.6) is 0 Å². The van der Waals surface area contributed by atoms with Crippen molar-refractivity contribution < 1.29 is 22.9 Å². The number of hydrogen-bond donors (Lipinski definition) is 1. The Morgan fingerprint density at radius 1 is 1.50 bits per heavy atom. The van der Waals surface area contributed by atoms with E-state index in [0.29, 0.717) is 0 Å². The van der Waals surface area contributed by atoms with Crippen molar-refractivity contribution >= 4 is 5.91 Å². The molecule has 8 heteroatoms. The molecule has 0 aliphatic carbocycles. The SMILES string of the molecule is O=C1CC(C(F)(F)F)C([N+](=O)[O-])CN1. The molecule has 1 aliphatic rings. The summed E-state index contributed by atoms with van der Waals surface area (Å²) in [4.78, 5) is 19.9. The monoisotopic (exact) mass is 212 g/mol. The van der Waals surface area contributed by atoms with Crippen molar-refractivity contribution in [3.63, 3.8) is 0 Å². The van der Waals surface area contributed by atoms with Crippen molar-refractivity contribution in [2.24, 2.45) is 5.92 Å². The van der Waals surface area contributed by atoms with Crippen LogP contribution in [0.3, 0.4) is 0 Å². The Morgan fingerprint density at radius 3 is 2.50 bits per heavy atom. The highest BCUT2D eigenvalue weighted by molar-refractivity contribution is 5.77. The van der Waals surface area contributed by atoms with Gasteiger partial charge in [0.25, 0.3) is 0 Å². The number of nitro groups is 1. The molecule has 5 nitrogen and oxygen atoms in total. The van der Waals surface area contributed by atoms with Gasteiger partial charge in [-0.05, 0) is 0 Å². The molecule has 0 aromatic heterocycles. The fourth-order valence-electron chi connectivity index (χ4n) is 1.32. The van der Waals surface area contributed by atoms with Crippen molar-refractivity contribution in [1.82, 2.24) is 5.32 Å². The first kappa shape index (κ1) is 10.7. The normalized spacial score (nSPS) is 28.4. The summed E-state index contributed by atoms with van der Waals surface area (Å²) in [5.41, 5.74) is 0. The third-order valence-corrected chi connectivity index (χ3v) is 2.07. The third-order valence-electron chi connectivity index (χ3n) is 2.07. The number of amides is 1. The summed E-state index contributed by atoms with van der Waals surface area (Å²) in [5.74, 6) is -2.98. The molecule has 80 valence electrons. The topological polar surface area (TPSA) is 72.2 Å². The Hall–Kier alpha value is -1.34. The van der Waals surface area contributed by atoms with Gasteiger partial charge in [0.15, 0.2) is 0 Å². The zero-order valence-corrected chi connectivity index (χ0v) is 6.87. The first-order valence-corrected chi connectivity index (χ1v) is 3.79. The highest BCUT2D eigenvalue weighted by atomic mass is 19.4. The van der Waals surface area contributed by atoms with E-state index < -0.39 is 41.9 Å². The zero-order chi connectivity index (χ0) is 10.9. The largest absolute Gasteiger partial charge is 0.398 e. The number of alkyl halides is 3. The van der Waals surface area contributed by atoms with Crippen molar-refractivity contribution in [2.75, 3.05) is 6.54 Å². The lowest BCUT2D eigenvalue weighted by atomic mass is 9.92. The second-order valence-corrected chi connectivity index (χ2v) is 3.01. The molecule has 1 rings (SSSR count). The highest BCUT2D eigenvalue weighted by Gasteiger charge is 2.53. The number of carbonyl (C=O) groups is 1. The predicted molar refractivity (Wildman–Crippen MR) is 38.0 cm³/mol. The average Bonchev–Trinajstić information content (AvgIpc) is 2.01. The molecule has 1 heterocycles. The number of hydrogen-bond acceptors (Lipinski definition) is 3. The Morgan fingerprint density at radius 2 is 2.07 bits per heavy atom. The van der Waals surface area contributed by atoms with Crippen LogP contribution in [0.4, 0.5) is 13.2 Å². The van der Waals surface area contributed by atoms with E-state index >= 15 is 0 Å². The maximum Gasteiger partial charge on any atom is 0.398 e. The van der Waals surface area contributed by atoms with Gasteiger partial charge in [-0.1, -0.05) is 0 Å². The third kappa shape index (κ3) is 2.12. The van der Waals surface area contributed by atoms with Gasteiger partial charge >= 0.3 is 6.18 Å². The van der Waals surface area contributed by atoms with E-state index in [0.717, 1.165) is 0 Å². The van der Waals surface area contributed by atoms with Crippen molar-refractivity contribution in [3.05, 3.63) is 10.1 Å². The summed E-state index contributed by atoms with van der Waals surface area (Å²) in [6.07, 6.45) is -5.56. The van der Waals surface area contributed by atoms with Gasteiger partial charge in [-0.3, -0.25) is 14.9 Å². The first-order valence-electron chi connectivity index (χ1n) is 3.79. The lowest BCUT2D eigenvalue weighted by Crippen LogP contribution is -2.52.